The van der Waals surface area contributed by atoms with Crippen LogP contribution in [0.5, 0.6) is 0 Å². The van der Waals surface area contributed by atoms with Gasteiger partial charge in [-0.1, -0.05) is 13.8 Å². The number of rotatable bonds is 10. The highest BCUT2D eigenvalue weighted by Crippen LogP contribution is 2.17. The number of nitrogens with one attached hydrogen (secondary N) is 1. The van der Waals surface area contributed by atoms with Crippen LogP contribution in [0.4, 0.5) is 0 Å². The number of hydrogen-bond donors (Lipinski definition) is 1. The van der Waals surface area contributed by atoms with E-state index in [-0.39, 0.29) is 0 Å². The Balaban J connectivity index is 2.49. The van der Waals surface area contributed by atoms with Gasteiger partial charge in [-0.05, 0) is 59.7 Å². The summed E-state index contributed by atoms with van der Waals surface area (Å²) in [7, 11) is 4.26. The van der Waals surface area contributed by atoms with Crippen molar-refractivity contribution in [2.24, 2.45) is 0 Å². The lowest BCUT2D eigenvalue weighted by atomic mass is 10.2. The Morgan fingerprint density at radius 1 is 1.20 bits per heavy atom. The minimum absolute atomic E-state index is 0.824. The van der Waals surface area contributed by atoms with Crippen LogP contribution < -0.4 is 5.32 Å². The second-order valence-electron chi connectivity index (χ2n) is 5.60. The smallest absolute Gasteiger partial charge is 0.118 e. The quantitative estimate of drug-likeness (QED) is 0.714. The second-order valence-corrected chi connectivity index (χ2v) is 5.60. The highest BCUT2D eigenvalue weighted by molar-refractivity contribution is 5.20. The van der Waals surface area contributed by atoms with Gasteiger partial charge in [-0.25, -0.2) is 0 Å². The van der Waals surface area contributed by atoms with Crippen LogP contribution in [0.3, 0.4) is 0 Å². The highest BCUT2D eigenvalue weighted by atomic mass is 16.3. The largest absolute Gasteiger partial charge is 0.465 e. The Hall–Kier alpha value is -0.840. The van der Waals surface area contributed by atoms with Gasteiger partial charge in [-0.2, -0.15) is 0 Å². The van der Waals surface area contributed by atoms with Crippen LogP contribution in [0.1, 0.15) is 37.4 Å². The zero-order valence-electron chi connectivity index (χ0n) is 13.8. The van der Waals surface area contributed by atoms with Gasteiger partial charge in [0.15, 0.2) is 0 Å². The number of nitrogens with zero attached hydrogens (tertiary/aromatic N) is 2. The van der Waals surface area contributed by atoms with E-state index in [2.05, 4.69) is 56.0 Å². The molecule has 0 atom stereocenters. The molecular formula is C16H31N3O. The maximum atomic E-state index is 5.81. The molecule has 0 unspecified atom stereocenters. The Morgan fingerprint density at radius 2 is 1.95 bits per heavy atom. The average molecular weight is 281 g/mol. The zero-order valence-corrected chi connectivity index (χ0v) is 13.8. The molecule has 4 nitrogen and oxygen atoms in total. The van der Waals surface area contributed by atoms with Crippen molar-refractivity contribution in [3.05, 3.63) is 23.2 Å². The molecule has 0 aromatic carbocycles. The molecule has 1 aromatic rings. The summed E-state index contributed by atoms with van der Waals surface area (Å²) < 4.78 is 5.81. The van der Waals surface area contributed by atoms with Gasteiger partial charge in [0.2, 0.25) is 0 Å². The molecular weight excluding hydrogens is 250 g/mol. The van der Waals surface area contributed by atoms with E-state index in [0.29, 0.717) is 0 Å². The molecule has 1 heterocycles. The van der Waals surface area contributed by atoms with Gasteiger partial charge in [-0.3, -0.25) is 4.90 Å². The standard InChI is InChI=1S/C16H31N3O/c1-6-17-12-16-11-15(14(3)20-16)13-19(7-2)10-8-9-18(4)5/h11,17H,6-10,12-13H2,1-5H3. The number of hydrogen-bond acceptors (Lipinski definition) is 4. The predicted molar refractivity (Wildman–Crippen MR) is 84.9 cm³/mol. The molecule has 1 aromatic heterocycles. The first-order chi connectivity index (χ1) is 9.56. The van der Waals surface area contributed by atoms with E-state index in [1.807, 2.05) is 0 Å². The number of aryl methyl sites for hydroxylation is 1. The lowest BCUT2D eigenvalue weighted by molar-refractivity contribution is 0.258. The van der Waals surface area contributed by atoms with E-state index >= 15 is 0 Å². The van der Waals surface area contributed by atoms with Crippen molar-refractivity contribution in [3.8, 4) is 0 Å². The van der Waals surface area contributed by atoms with Crippen molar-refractivity contribution in [1.29, 1.82) is 0 Å². The van der Waals surface area contributed by atoms with E-state index in [4.69, 9.17) is 4.42 Å². The fourth-order valence-electron chi connectivity index (χ4n) is 2.28. The average Bonchev–Trinajstić information content (AvgIpc) is 2.75. The maximum Gasteiger partial charge on any atom is 0.118 e. The summed E-state index contributed by atoms with van der Waals surface area (Å²) in [6.07, 6.45) is 1.21. The van der Waals surface area contributed by atoms with Crippen LogP contribution in [0.2, 0.25) is 0 Å². The monoisotopic (exact) mass is 281 g/mol. The third kappa shape index (κ3) is 6.07. The first kappa shape index (κ1) is 17.2. The number of furan rings is 1. The van der Waals surface area contributed by atoms with E-state index in [9.17, 15) is 0 Å². The molecule has 0 spiro atoms. The van der Waals surface area contributed by atoms with Crippen molar-refractivity contribution in [3.63, 3.8) is 0 Å². The highest BCUT2D eigenvalue weighted by Gasteiger charge is 2.11. The normalized spacial score (nSPS) is 11.8. The minimum atomic E-state index is 0.824. The predicted octanol–water partition coefficient (Wildman–Crippen LogP) is 2.47. The molecule has 0 amide bonds. The van der Waals surface area contributed by atoms with Crippen LogP contribution in [0.25, 0.3) is 0 Å². The summed E-state index contributed by atoms with van der Waals surface area (Å²) in [5.74, 6) is 2.10. The summed E-state index contributed by atoms with van der Waals surface area (Å²) in [6.45, 7) is 12.6. The Morgan fingerprint density at radius 3 is 2.55 bits per heavy atom. The van der Waals surface area contributed by atoms with Crippen LogP contribution in [0, 0.1) is 6.92 Å². The van der Waals surface area contributed by atoms with Crippen LogP contribution in [0.15, 0.2) is 10.5 Å². The molecule has 4 heteroatoms. The summed E-state index contributed by atoms with van der Waals surface area (Å²) in [6, 6.07) is 2.20. The molecule has 0 aliphatic heterocycles. The second kappa shape index (κ2) is 9.16. The van der Waals surface area contributed by atoms with Gasteiger partial charge in [0.05, 0.1) is 6.54 Å². The lowest BCUT2D eigenvalue weighted by Gasteiger charge is -2.21. The molecule has 0 saturated carbocycles. The molecule has 0 radical (unpaired) electrons. The van der Waals surface area contributed by atoms with Crippen LogP contribution in [-0.2, 0) is 13.1 Å². The minimum Gasteiger partial charge on any atom is -0.465 e. The van der Waals surface area contributed by atoms with E-state index in [1.54, 1.807) is 0 Å². The molecule has 1 N–H and O–H groups in total. The van der Waals surface area contributed by atoms with Crippen molar-refractivity contribution < 1.29 is 4.42 Å². The van der Waals surface area contributed by atoms with Crippen LogP contribution in [-0.4, -0.2) is 50.1 Å². The molecule has 0 fully saturated rings. The topological polar surface area (TPSA) is 31.6 Å². The van der Waals surface area contributed by atoms with Crippen molar-refractivity contribution in [1.82, 2.24) is 15.1 Å². The van der Waals surface area contributed by atoms with Gasteiger partial charge < -0.3 is 14.6 Å². The molecule has 116 valence electrons. The third-order valence-electron chi connectivity index (χ3n) is 3.54. The van der Waals surface area contributed by atoms with E-state index in [0.717, 1.165) is 50.8 Å². The van der Waals surface area contributed by atoms with Gasteiger partial charge in [0.25, 0.3) is 0 Å². The summed E-state index contributed by atoms with van der Waals surface area (Å²) in [5.41, 5.74) is 1.32. The van der Waals surface area contributed by atoms with Crippen molar-refractivity contribution >= 4 is 0 Å². The first-order valence-corrected chi connectivity index (χ1v) is 7.72. The first-order valence-electron chi connectivity index (χ1n) is 7.72. The fourth-order valence-corrected chi connectivity index (χ4v) is 2.28. The summed E-state index contributed by atoms with van der Waals surface area (Å²) >= 11 is 0. The Bertz CT molecular complexity index is 374. The Kier molecular flexibility index (Phi) is 7.88. The van der Waals surface area contributed by atoms with Gasteiger partial charge >= 0.3 is 0 Å². The van der Waals surface area contributed by atoms with Crippen molar-refractivity contribution in [2.75, 3.05) is 40.3 Å². The molecule has 1 rings (SSSR count). The van der Waals surface area contributed by atoms with E-state index < -0.39 is 0 Å². The molecule has 0 aliphatic carbocycles. The van der Waals surface area contributed by atoms with Gasteiger partial charge in [0, 0.05) is 12.1 Å². The van der Waals surface area contributed by atoms with E-state index in [1.165, 1.54) is 12.0 Å². The van der Waals surface area contributed by atoms with Gasteiger partial charge in [0.1, 0.15) is 11.5 Å². The zero-order chi connectivity index (χ0) is 15.0. The fraction of sp³-hybridized carbons (Fsp3) is 0.750. The maximum absolute atomic E-state index is 5.81. The molecule has 0 saturated heterocycles. The van der Waals surface area contributed by atoms with Gasteiger partial charge in [-0.15, -0.1) is 0 Å². The Labute approximate surface area is 124 Å². The summed E-state index contributed by atoms with van der Waals surface area (Å²) in [4.78, 5) is 4.73. The molecule has 20 heavy (non-hydrogen) atoms. The molecule has 0 bridgehead atoms. The SMILES string of the molecule is CCNCc1cc(CN(CC)CCCN(C)C)c(C)o1. The molecule has 0 aliphatic rings. The third-order valence-corrected chi connectivity index (χ3v) is 3.54. The van der Waals surface area contributed by atoms with Crippen LogP contribution >= 0.6 is 0 Å². The lowest BCUT2D eigenvalue weighted by Crippen LogP contribution is -2.27. The summed E-state index contributed by atoms with van der Waals surface area (Å²) in [5, 5.41) is 3.31. The van der Waals surface area contributed by atoms with Crippen molar-refractivity contribution in [2.45, 2.75) is 40.3 Å².